The number of nitrogens with zero attached hydrogens (tertiary/aromatic N) is 2. The minimum absolute atomic E-state index is 0. The fraction of sp³-hybridized carbons (Fsp3) is 0.0323. The Morgan fingerprint density at radius 3 is 1.05 bits per heavy atom. The molecular formula is C31H27N2O5PPdS2. The molecule has 0 amide bonds. The first-order chi connectivity index (χ1) is 19.9. The summed E-state index contributed by atoms with van der Waals surface area (Å²) in [6.07, 6.45) is 2.93. The van der Waals surface area contributed by atoms with Crippen molar-refractivity contribution < 1.29 is 45.3 Å². The van der Waals surface area contributed by atoms with E-state index in [1.54, 1.807) is 12.1 Å². The van der Waals surface area contributed by atoms with E-state index in [9.17, 15) is 9.59 Å². The van der Waals surface area contributed by atoms with Crippen molar-refractivity contribution in [3.8, 4) is 0 Å². The smallest absolute Gasteiger partial charge is 0.759 e. The van der Waals surface area contributed by atoms with Crippen LogP contribution in [0.15, 0.2) is 138 Å². The van der Waals surface area contributed by atoms with Crippen molar-refractivity contribution in [1.82, 2.24) is 9.97 Å². The Morgan fingerprint density at radius 2 is 0.833 bits per heavy atom. The van der Waals surface area contributed by atoms with Gasteiger partial charge in [0.05, 0.1) is 11.1 Å². The predicted molar refractivity (Wildman–Crippen MR) is 167 cm³/mol. The molecule has 3 aromatic carbocycles. The molecule has 3 N–H and O–H groups in total. The third-order valence-electron chi connectivity index (χ3n) is 5.05. The number of hydrogen-bond acceptors (Lipinski definition) is 7. The van der Waals surface area contributed by atoms with E-state index >= 15 is 0 Å². The number of benzene rings is 3. The zero-order chi connectivity index (χ0) is 30.0. The predicted octanol–water partition coefficient (Wildman–Crippen LogP) is 4.42. The van der Waals surface area contributed by atoms with Crippen LogP contribution in [0.2, 0.25) is 0 Å². The van der Waals surface area contributed by atoms with Gasteiger partial charge in [-0.3, -0.25) is 9.97 Å². The number of carboxylic acids is 2. The molecule has 7 nitrogen and oxygen atoms in total. The van der Waals surface area contributed by atoms with Crippen molar-refractivity contribution in [3.63, 3.8) is 0 Å². The van der Waals surface area contributed by atoms with Crippen LogP contribution in [0.1, 0.15) is 20.7 Å². The van der Waals surface area contributed by atoms with Gasteiger partial charge >= 0.3 is 32.4 Å². The first-order valence-corrected chi connectivity index (χ1v) is 14.1. The van der Waals surface area contributed by atoms with Gasteiger partial charge in [-0.2, -0.15) is 0 Å². The van der Waals surface area contributed by atoms with E-state index in [0.717, 1.165) is 7.11 Å². The summed E-state index contributed by atoms with van der Waals surface area (Å²) >= 11 is 9.27. The third-order valence-corrected chi connectivity index (χ3v) is 8.14. The molecule has 0 saturated carbocycles. The van der Waals surface area contributed by atoms with E-state index in [-0.39, 0.29) is 41.6 Å². The van der Waals surface area contributed by atoms with Gasteiger partial charge in [0.15, 0.2) is 0 Å². The molecule has 0 saturated heterocycles. The second-order valence-corrected chi connectivity index (χ2v) is 10.7. The number of aromatic nitrogens is 2. The van der Waals surface area contributed by atoms with Crippen LogP contribution in [0.3, 0.4) is 0 Å². The van der Waals surface area contributed by atoms with Gasteiger partial charge in [-0.25, -0.2) is 9.59 Å². The van der Waals surface area contributed by atoms with Crippen LogP contribution in [0, 0.1) is 0 Å². The number of aliphatic hydroxyl groups excluding tert-OH is 1. The number of hydrogen-bond donors (Lipinski definition) is 3. The number of carboxylic acid groups (broad SMARTS) is 2. The van der Waals surface area contributed by atoms with Gasteiger partial charge in [0.25, 0.3) is 0 Å². The summed E-state index contributed by atoms with van der Waals surface area (Å²) in [5, 5.41) is 28.4. The van der Waals surface area contributed by atoms with Crippen LogP contribution in [0.5, 0.6) is 0 Å². The monoisotopic (exact) mass is 708 g/mol. The standard InChI is InChI=1S/C18H15P.2C6H5NO2S.CH4O.Pd/c1-4-10-16(11-5-1)19(17-12-6-2-7-13-17)18-14-8-3-9-15-18;2*8-6(9)4-2-1-3-7-5(4)10;1-2;/h1-15H;2*1-3H,(H,7,10)(H,8,9);2H,1H3;/q;;;;+2/p-2. The second-order valence-electron chi connectivity index (χ2n) is 7.66. The third kappa shape index (κ3) is 11.7. The topological polar surface area (TPSA) is 121 Å². The molecule has 5 aromatic rings. The number of carbonyl (C=O) groups is 2. The molecule has 0 fully saturated rings. The molecular weight excluding hydrogens is 682 g/mol. The van der Waals surface area contributed by atoms with Crippen LogP contribution in [-0.2, 0) is 45.7 Å². The SMILES string of the molecule is CO.O=C(O)c1cccnc1[S-].O=C(O)c1cccnc1[S-].[Pd+2].c1ccc(P(c2ccccc2)c2ccccc2)cc1. The Bertz CT molecular complexity index is 1350. The molecule has 11 heteroatoms. The first kappa shape index (κ1) is 36.4. The van der Waals surface area contributed by atoms with Crippen molar-refractivity contribution >= 4 is 61.0 Å². The van der Waals surface area contributed by atoms with E-state index < -0.39 is 19.9 Å². The molecule has 0 bridgehead atoms. The van der Waals surface area contributed by atoms with Gasteiger partial charge in [-0.15, -0.1) is 0 Å². The molecule has 0 spiro atoms. The molecule has 2 aromatic heterocycles. The number of pyridine rings is 2. The molecule has 0 radical (unpaired) electrons. The second kappa shape index (κ2) is 20.3. The molecule has 2 heterocycles. The largest absolute Gasteiger partial charge is 2.00 e. The van der Waals surface area contributed by atoms with E-state index in [1.165, 1.54) is 40.4 Å². The first-order valence-electron chi connectivity index (χ1n) is 12.0. The molecule has 0 atom stereocenters. The van der Waals surface area contributed by atoms with Crippen LogP contribution in [0.4, 0.5) is 0 Å². The Balaban J connectivity index is 0.000000328. The fourth-order valence-electron chi connectivity index (χ4n) is 3.29. The Labute approximate surface area is 271 Å². The Hall–Kier alpha value is -3.61. The van der Waals surface area contributed by atoms with Crippen LogP contribution < -0.4 is 15.9 Å². The summed E-state index contributed by atoms with van der Waals surface area (Å²) in [5.74, 6) is -2.06. The summed E-state index contributed by atoms with van der Waals surface area (Å²) in [7, 11) is 0.554. The molecule has 5 rings (SSSR count). The van der Waals surface area contributed by atoms with Crippen LogP contribution in [0.25, 0.3) is 0 Å². The van der Waals surface area contributed by atoms with Crippen molar-refractivity contribution in [1.29, 1.82) is 0 Å². The van der Waals surface area contributed by atoms with Crippen molar-refractivity contribution in [3.05, 3.63) is 139 Å². The molecule has 0 aliphatic rings. The minimum atomic E-state index is -1.03. The van der Waals surface area contributed by atoms with Gasteiger partial charge in [-0.05, 0) is 48.1 Å². The quantitative estimate of drug-likeness (QED) is 0.139. The van der Waals surface area contributed by atoms with Crippen molar-refractivity contribution in [2.45, 2.75) is 10.1 Å². The molecule has 0 unspecified atom stereocenters. The number of aromatic carboxylic acids is 2. The maximum absolute atomic E-state index is 10.3. The van der Waals surface area contributed by atoms with E-state index in [0.29, 0.717) is 0 Å². The Kier molecular flexibility index (Phi) is 17.6. The summed E-state index contributed by atoms with van der Waals surface area (Å²) in [6.45, 7) is 0. The molecule has 0 aliphatic carbocycles. The number of rotatable bonds is 5. The Morgan fingerprint density at radius 1 is 0.548 bits per heavy atom. The summed E-state index contributed by atoms with van der Waals surface area (Å²) < 4.78 is 0. The minimum Gasteiger partial charge on any atom is -0.759 e. The number of aliphatic hydroxyl groups is 1. The zero-order valence-electron chi connectivity index (χ0n) is 22.3. The van der Waals surface area contributed by atoms with Gasteiger partial charge < -0.3 is 40.6 Å². The van der Waals surface area contributed by atoms with Crippen molar-refractivity contribution in [2.24, 2.45) is 0 Å². The average Bonchev–Trinajstić information content (AvgIpc) is 3.01. The van der Waals surface area contributed by atoms with E-state index in [4.69, 9.17) is 15.3 Å². The maximum atomic E-state index is 10.3. The van der Waals surface area contributed by atoms with E-state index in [1.807, 2.05) is 0 Å². The van der Waals surface area contributed by atoms with E-state index in [2.05, 4.69) is 126 Å². The molecule has 0 aliphatic heterocycles. The maximum Gasteiger partial charge on any atom is 2.00 e. The molecule has 42 heavy (non-hydrogen) atoms. The zero-order valence-corrected chi connectivity index (χ0v) is 26.3. The fourth-order valence-corrected chi connectivity index (χ4v) is 6.02. The summed E-state index contributed by atoms with van der Waals surface area (Å²) in [4.78, 5) is 27.9. The average molecular weight is 709 g/mol. The van der Waals surface area contributed by atoms with Gasteiger partial charge in [-0.1, -0.05) is 101 Å². The summed E-state index contributed by atoms with van der Waals surface area (Å²) in [6, 6.07) is 38.3. The normalized spacial score (nSPS) is 9.31. The van der Waals surface area contributed by atoms with Crippen molar-refractivity contribution in [2.75, 3.05) is 7.11 Å². The van der Waals surface area contributed by atoms with Gasteiger partial charge in [0.2, 0.25) is 0 Å². The van der Waals surface area contributed by atoms with Gasteiger partial charge in [0.1, 0.15) is 0 Å². The van der Waals surface area contributed by atoms with Gasteiger partial charge in [0, 0.05) is 19.5 Å². The van der Waals surface area contributed by atoms with Crippen LogP contribution >= 0.6 is 7.92 Å². The molecule has 218 valence electrons. The summed E-state index contributed by atoms with van der Waals surface area (Å²) in [5.41, 5.74) is 0.162. The van der Waals surface area contributed by atoms with Crippen LogP contribution in [-0.4, -0.2) is 44.3 Å².